The molecule has 1 aliphatic heterocycles. The summed E-state index contributed by atoms with van der Waals surface area (Å²) in [6.45, 7) is 3.14. The number of hydrogen-bond acceptors (Lipinski definition) is 2. The molecule has 2 unspecified atom stereocenters. The molecule has 1 spiro atoms. The molecule has 2 nitrogen and oxygen atoms in total. The number of hydrogen-bond donors (Lipinski definition) is 1. The van der Waals surface area contributed by atoms with Gasteiger partial charge in [0.2, 0.25) is 0 Å². The zero-order chi connectivity index (χ0) is 10.2. The van der Waals surface area contributed by atoms with Gasteiger partial charge in [0.1, 0.15) is 0 Å². The van der Waals surface area contributed by atoms with Crippen LogP contribution in [-0.4, -0.2) is 31.7 Å². The number of nitrogens with one attached hydrogen (secondary N) is 1. The first-order valence-electron chi connectivity index (χ1n) is 5.26. The highest BCUT2D eigenvalue weighted by Gasteiger charge is 2.54. The van der Waals surface area contributed by atoms with Gasteiger partial charge >= 0.3 is 0 Å². The summed E-state index contributed by atoms with van der Waals surface area (Å²) in [4.78, 5) is 0. The number of alkyl halides is 2. The molecule has 1 saturated carbocycles. The van der Waals surface area contributed by atoms with Crippen LogP contribution in [0.4, 0.5) is 8.78 Å². The summed E-state index contributed by atoms with van der Waals surface area (Å²) in [7, 11) is 0. The molecule has 0 amide bonds. The molecule has 2 fully saturated rings. The summed E-state index contributed by atoms with van der Waals surface area (Å²) in [6.07, 6.45) is 0.849. The van der Waals surface area contributed by atoms with Gasteiger partial charge in [-0.15, -0.1) is 0 Å². The summed E-state index contributed by atoms with van der Waals surface area (Å²) in [5, 5.41) is 3.01. The van der Waals surface area contributed by atoms with E-state index in [1.807, 2.05) is 0 Å². The zero-order valence-corrected chi connectivity index (χ0v) is 8.43. The first-order valence-corrected chi connectivity index (χ1v) is 5.26. The molecule has 1 heterocycles. The molecular weight excluding hydrogens is 188 g/mol. The maximum Gasteiger partial charge on any atom is 0.253 e. The van der Waals surface area contributed by atoms with Crippen molar-refractivity contribution in [3.8, 4) is 0 Å². The highest BCUT2D eigenvalue weighted by molar-refractivity contribution is 5.09. The van der Waals surface area contributed by atoms with Gasteiger partial charge in [-0.05, 0) is 31.6 Å². The fraction of sp³-hybridized carbons (Fsp3) is 1.00. The molecule has 0 aromatic carbocycles. The van der Waals surface area contributed by atoms with Crippen LogP contribution in [0.5, 0.6) is 0 Å². The Balaban J connectivity index is 1.80. The molecule has 14 heavy (non-hydrogen) atoms. The van der Waals surface area contributed by atoms with Crippen molar-refractivity contribution in [2.45, 2.75) is 44.7 Å². The summed E-state index contributed by atoms with van der Waals surface area (Å²) in [6, 6.07) is -0.377. The normalized spacial score (nSPS) is 32.1. The van der Waals surface area contributed by atoms with E-state index in [2.05, 4.69) is 5.32 Å². The molecule has 2 rings (SSSR count). The molecule has 1 saturated heterocycles. The Kier molecular flexibility index (Phi) is 2.75. The van der Waals surface area contributed by atoms with Crippen LogP contribution in [0.15, 0.2) is 0 Å². The second-order valence-electron chi connectivity index (χ2n) is 4.52. The maximum atomic E-state index is 12.3. The van der Waals surface area contributed by atoms with Crippen LogP contribution in [0.2, 0.25) is 0 Å². The van der Waals surface area contributed by atoms with Gasteiger partial charge in [-0.3, -0.25) is 0 Å². The molecule has 2 aliphatic rings. The summed E-state index contributed by atoms with van der Waals surface area (Å²) < 4.78 is 29.8. The second-order valence-corrected chi connectivity index (χ2v) is 4.52. The van der Waals surface area contributed by atoms with Crippen LogP contribution in [0.3, 0.4) is 0 Å². The monoisotopic (exact) mass is 205 g/mol. The molecular formula is C10H17F2NO. The Labute approximate surface area is 83.0 Å². The number of rotatable bonds is 3. The van der Waals surface area contributed by atoms with Crippen LogP contribution in [-0.2, 0) is 4.74 Å². The van der Waals surface area contributed by atoms with E-state index in [-0.39, 0.29) is 0 Å². The Morgan fingerprint density at radius 2 is 2.00 bits per heavy atom. The van der Waals surface area contributed by atoms with E-state index in [0.717, 1.165) is 32.5 Å². The van der Waals surface area contributed by atoms with Crippen LogP contribution in [0.25, 0.3) is 0 Å². The van der Waals surface area contributed by atoms with Gasteiger partial charge in [-0.25, -0.2) is 8.78 Å². The van der Waals surface area contributed by atoms with E-state index < -0.39 is 12.5 Å². The van der Waals surface area contributed by atoms with Crippen molar-refractivity contribution in [1.82, 2.24) is 5.32 Å². The van der Waals surface area contributed by atoms with E-state index in [0.29, 0.717) is 11.5 Å². The van der Waals surface area contributed by atoms with Crippen molar-refractivity contribution < 1.29 is 13.5 Å². The minimum absolute atomic E-state index is 0.293. The predicted octanol–water partition coefficient (Wildman–Crippen LogP) is 1.80. The maximum absolute atomic E-state index is 12.3. The lowest BCUT2D eigenvalue weighted by Crippen LogP contribution is -2.37. The minimum atomic E-state index is -2.26. The van der Waals surface area contributed by atoms with Gasteiger partial charge in [0.15, 0.2) is 0 Å². The molecule has 0 aromatic rings. The lowest BCUT2D eigenvalue weighted by molar-refractivity contribution is 0.0503. The largest absolute Gasteiger partial charge is 0.381 e. The van der Waals surface area contributed by atoms with Crippen LogP contribution in [0, 0.1) is 5.41 Å². The summed E-state index contributed by atoms with van der Waals surface area (Å²) in [5.74, 6) is 0. The molecule has 1 aliphatic carbocycles. The molecule has 4 heteroatoms. The van der Waals surface area contributed by atoms with E-state index in [9.17, 15) is 8.78 Å². The lowest BCUT2D eigenvalue weighted by Gasteiger charge is -2.24. The SMILES string of the molecule is CC(NC1CC12CCOCC2)C(F)F. The Morgan fingerprint density at radius 3 is 2.57 bits per heavy atom. The van der Waals surface area contributed by atoms with Crippen molar-refractivity contribution in [3.05, 3.63) is 0 Å². The quantitative estimate of drug-likeness (QED) is 0.758. The molecule has 1 N–H and O–H groups in total. The fourth-order valence-corrected chi connectivity index (χ4v) is 2.30. The highest BCUT2D eigenvalue weighted by atomic mass is 19.3. The molecule has 82 valence electrons. The fourth-order valence-electron chi connectivity index (χ4n) is 2.30. The average Bonchev–Trinajstić information content (AvgIpc) is 2.79. The van der Waals surface area contributed by atoms with Gasteiger partial charge in [-0.1, -0.05) is 0 Å². The van der Waals surface area contributed by atoms with Crippen molar-refractivity contribution >= 4 is 0 Å². The van der Waals surface area contributed by atoms with E-state index >= 15 is 0 Å². The van der Waals surface area contributed by atoms with Gasteiger partial charge in [0.25, 0.3) is 6.43 Å². The summed E-state index contributed by atoms with van der Waals surface area (Å²) >= 11 is 0. The second kappa shape index (κ2) is 3.74. The van der Waals surface area contributed by atoms with E-state index in [1.165, 1.54) is 0 Å². The standard InChI is InChI=1S/C10H17F2NO/c1-7(9(11)12)13-8-6-10(8)2-4-14-5-3-10/h7-9,13H,2-6H2,1H3. The highest BCUT2D eigenvalue weighted by Crippen LogP contribution is 2.53. The number of ether oxygens (including phenoxy) is 1. The van der Waals surface area contributed by atoms with E-state index in [1.54, 1.807) is 6.92 Å². The van der Waals surface area contributed by atoms with Crippen LogP contribution in [0.1, 0.15) is 26.2 Å². The van der Waals surface area contributed by atoms with Crippen molar-refractivity contribution in [1.29, 1.82) is 0 Å². The zero-order valence-electron chi connectivity index (χ0n) is 8.43. The first-order chi connectivity index (χ1) is 6.64. The Hall–Kier alpha value is -0.220. The Morgan fingerprint density at radius 1 is 1.36 bits per heavy atom. The van der Waals surface area contributed by atoms with Gasteiger partial charge in [0, 0.05) is 19.3 Å². The van der Waals surface area contributed by atoms with Gasteiger partial charge in [0.05, 0.1) is 6.04 Å². The van der Waals surface area contributed by atoms with Crippen molar-refractivity contribution in [3.63, 3.8) is 0 Å². The Bertz CT molecular complexity index is 204. The summed E-state index contributed by atoms with van der Waals surface area (Å²) in [5.41, 5.74) is 0.293. The molecule has 2 atom stereocenters. The van der Waals surface area contributed by atoms with Crippen molar-refractivity contribution in [2.24, 2.45) is 5.41 Å². The lowest BCUT2D eigenvalue weighted by atomic mass is 9.96. The van der Waals surface area contributed by atoms with Crippen molar-refractivity contribution in [2.75, 3.05) is 13.2 Å². The minimum Gasteiger partial charge on any atom is -0.381 e. The van der Waals surface area contributed by atoms with Gasteiger partial charge < -0.3 is 10.1 Å². The third-order valence-electron chi connectivity index (χ3n) is 3.52. The third-order valence-corrected chi connectivity index (χ3v) is 3.52. The van der Waals surface area contributed by atoms with Crippen LogP contribution < -0.4 is 5.32 Å². The third kappa shape index (κ3) is 1.91. The molecule has 0 radical (unpaired) electrons. The number of halogens is 2. The molecule has 0 bridgehead atoms. The average molecular weight is 205 g/mol. The van der Waals surface area contributed by atoms with Gasteiger partial charge in [-0.2, -0.15) is 0 Å². The smallest absolute Gasteiger partial charge is 0.253 e. The van der Waals surface area contributed by atoms with Crippen LogP contribution >= 0.6 is 0 Å². The first kappa shape index (κ1) is 10.3. The predicted molar refractivity (Wildman–Crippen MR) is 49.5 cm³/mol. The topological polar surface area (TPSA) is 21.3 Å². The molecule has 0 aromatic heterocycles. The van der Waals surface area contributed by atoms with E-state index in [4.69, 9.17) is 4.74 Å².